The number of amides is 1. The van der Waals surface area contributed by atoms with Crippen LogP contribution in [0.1, 0.15) is 23.2 Å². The second-order valence-corrected chi connectivity index (χ2v) is 4.41. The summed E-state index contributed by atoms with van der Waals surface area (Å²) in [7, 11) is 0. The second kappa shape index (κ2) is 5.49. The van der Waals surface area contributed by atoms with Gasteiger partial charge in [-0.05, 0) is 31.4 Å². The second-order valence-electron chi connectivity index (χ2n) is 4.41. The summed E-state index contributed by atoms with van der Waals surface area (Å²) in [5, 5.41) is 9.53. The zero-order chi connectivity index (χ0) is 13.0. The summed E-state index contributed by atoms with van der Waals surface area (Å²) in [6, 6.07) is 9.93. The highest BCUT2D eigenvalue weighted by atomic mass is 16.1. The molecule has 0 atom stereocenters. The van der Waals surface area contributed by atoms with Crippen molar-refractivity contribution in [3.8, 4) is 0 Å². The molecule has 0 saturated carbocycles. The molecular formula is C14H17N3O. The van der Waals surface area contributed by atoms with Crippen LogP contribution in [0.25, 0.3) is 0 Å². The van der Waals surface area contributed by atoms with Gasteiger partial charge in [0.25, 0.3) is 0 Å². The number of aromatic amines is 1. The number of rotatable bonds is 4. The molecule has 0 spiro atoms. The molecule has 0 aliphatic heterocycles. The van der Waals surface area contributed by atoms with Crippen LogP contribution in [0.15, 0.2) is 30.3 Å². The summed E-state index contributed by atoms with van der Waals surface area (Å²) in [5.41, 5.74) is 3.37. The molecule has 2 aromatic rings. The Morgan fingerprint density at radius 3 is 2.78 bits per heavy atom. The fourth-order valence-corrected chi connectivity index (χ4v) is 1.83. The lowest BCUT2D eigenvalue weighted by Gasteiger charge is -2.05. The maximum Gasteiger partial charge on any atom is 0.225 e. The number of H-pyrrole nitrogens is 1. The SMILES string of the molecule is Cc1cc(NC(=O)CCc2ccccc2C)n[nH]1. The van der Waals surface area contributed by atoms with Gasteiger partial charge in [-0.1, -0.05) is 24.3 Å². The van der Waals surface area contributed by atoms with Crippen molar-refractivity contribution in [2.75, 3.05) is 5.32 Å². The maximum absolute atomic E-state index is 11.7. The number of hydrogen-bond acceptors (Lipinski definition) is 2. The molecule has 0 radical (unpaired) electrons. The molecule has 0 bridgehead atoms. The molecule has 94 valence electrons. The number of nitrogens with one attached hydrogen (secondary N) is 2. The van der Waals surface area contributed by atoms with Crippen LogP contribution >= 0.6 is 0 Å². The van der Waals surface area contributed by atoms with E-state index in [1.807, 2.05) is 25.1 Å². The summed E-state index contributed by atoms with van der Waals surface area (Å²) >= 11 is 0. The molecule has 1 aromatic carbocycles. The Bertz CT molecular complexity index is 545. The van der Waals surface area contributed by atoms with Gasteiger partial charge in [0, 0.05) is 18.2 Å². The van der Waals surface area contributed by atoms with Crippen molar-refractivity contribution in [3.63, 3.8) is 0 Å². The summed E-state index contributed by atoms with van der Waals surface area (Å²) in [6.45, 7) is 3.96. The fourth-order valence-electron chi connectivity index (χ4n) is 1.83. The average molecular weight is 243 g/mol. The molecule has 1 aromatic heterocycles. The molecule has 1 amide bonds. The van der Waals surface area contributed by atoms with E-state index in [-0.39, 0.29) is 5.91 Å². The minimum Gasteiger partial charge on any atom is -0.309 e. The van der Waals surface area contributed by atoms with E-state index in [0.717, 1.165) is 12.1 Å². The van der Waals surface area contributed by atoms with Gasteiger partial charge in [0.1, 0.15) is 0 Å². The Labute approximate surface area is 106 Å². The summed E-state index contributed by atoms with van der Waals surface area (Å²) in [6.07, 6.45) is 1.22. The van der Waals surface area contributed by atoms with E-state index in [2.05, 4.69) is 34.6 Å². The van der Waals surface area contributed by atoms with E-state index in [4.69, 9.17) is 0 Å². The highest BCUT2D eigenvalue weighted by Gasteiger charge is 2.06. The number of aryl methyl sites for hydroxylation is 3. The van der Waals surface area contributed by atoms with Crippen LogP contribution in [0.2, 0.25) is 0 Å². The molecule has 1 heterocycles. The van der Waals surface area contributed by atoms with E-state index < -0.39 is 0 Å². The topological polar surface area (TPSA) is 57.8 Å². The Morgan fingerprint density at radius 2 is 2.11 bits per heavy atom. The van der Waals surface area contributed by atoms with Crippen molar-refractivity contribution in [2.45, 2.75) is 26.7 Å². The van der Waals surface area contributed by atoms with Crippen LogP contribution in [-0.2, 0) is 11.2 Å². The molecule has 0 saturated heterocycles. The lowest BCUT2D eigenvalue weighted by molar-refractivity contribution is -0.116. The van der Waals surface area contributed by atoms with Gasteiger partial charge in [0.15, 0.2) is 5.82 Å². The molecule has 4 heteroatoms. The molecule has 18 heavy (non-hydrogen) atoms. The summed E-state index contributed by atoms with van der Waals surface area (Å²) < 4.78 is 0. The third kappa shape index (κ3) is 3.20. The zero-order valence-electron chi connectivity index (χ0n) is 10.7. The number of carbonyl (C=O) groups excluding carboxylic acids is 1. The quantitative estimate of drug-likeness (QED) is 0.867. The van der Waals surface area contributed by atoms with Crippen molar-refractivity contribution in [1.82, 2.24) is 10.2 Å². The van der Waals surface area contributed by atoms with Gasteiger partial charge in [-0.2, -0.15) is 5.10 Å². The first-order valence-electron chi connectivity index (χ1n) is 6.01. The number of hydrogen-bond donors (Lipinski definition) is 2. The average Bonchev–Trinajstić information content (AvgIpc) is 2.74. The Balaban J connectivity index is 1.87. The maximum atomic E-state index is 11.7. The van der Waals surface area contributed by atoms with Gasteiger partial charge >= 0.3 is 0 Å². The fraction of sp³-hybridized carbons (Fsp3) is 0.286. The van der Waals surface area contributed by atoms with Crippen LogP contribution in [-0.4, -0.2) is 16.1 Å². The normalized spacial score (nSPS) is 10.3. The van der Waals surface area contributed by atoms with E-state index in [1.165, 1.54) is 11.1 Å². The van der Waals surface area contributed by atoms with Crippen LogP contribution < -0.4 is 5.32 Å². The standard InChI is InChI=1S/C14H17N3O/c1-10-5-3-4-6-12(10)7-8-14(18)15-13-9-11(2)16-17-13/h3-6,9H,7-8H2,1-2H3,(H2,15,16,17,18). The third-order valence-corrected chi connectivity index (χ3v) is 2.86. The van der Waals surface area contributed by atoms with Crippen LogP contribution in [0.4, 0.5) is 5.82 Å². The minimum atomic E-state index is -0.00949. The molecular weight excluding hydrogens is 226 g/mol. The van der Waals surface area contributed by atoms with Crippen LogP contribution in [0, 0.1) is 13.8 Å². The first-order valence-corrected chi connectivity index (χ1v) is 6.01. The van der Waals surface area contributed by atoms with Crippen LogP contribution in [0.3, 0.4) is 0 Å². The van der Waals surface area contributed by atoms with Crippen molar-refractivity contribution in [2.24, 2.45) is 0 Å². The van der Waals surface area contributed by atoms with Gasteiger partial charge in [-0.25, -0.2) is 0 Å². The van der Waals surface area contributed by atoms with Gasteiger partial charge in [-0.3, -0.25) is 9.89 Å². The zero-order valence-corrected chi connectivity index (χ0v) is 10.7. The van der Waals surface area contributed by atoms with Crippen LogP contribution in [0.5, 0.6) is 0 Å². The molecule has 0 aliphatic rings. The van der Waals surface area contributed by atoms with Gasteiger partial charge in [0.05, 0.1) is 0 Å². The van der Waals surface area contributed by atoms with E-state index >= 15 is 0 Å². The molecule has 2 N–H and O–H groups in total. The largest absolute Gasteiger partial charge is 0.309 e. The number of carbonyl (C=O) groups is 1. The summed E-state index contributed by atoms with van der Waals surface area (Å²) in [4.78, 5) is 11.7. The third-order valence-electron chi connectivity index (χ3n) is 2.86. The first kappa shape index (κ1) is 12.4. The molecule has 2 rings (SSSR count). The highest BCUT2D eigenvalue weighted by molar-refractivity contribution is 5.89. The van der Waals surface area contributed by atoms with Crippen molar-refractivity contribution < 1.29 is 4.79 Å². The number of anilines is 1. The smallest absolute Gasteiger partial charge is 0.225 e. The lowest BCUT2D eigenvalue weighted by atomic mass is 10.0. The molecule has 0 unspecified atom stereocenters. The van der Waals surface area contributed by atoms with E-state index in [0.29, 0.717) is 12.2 Å². The van der Waals surface area contributed by atoms with Gasteiger partial charge < -0.3 is 5.32 Å². The monoisotopic (exact) mass is 243 g/mol. The predicted octanol–water partition coefficient (Wildman–Crippen LogP) is 2.60. The molecule has 0 fully saturated rings. The predicted molar refractivity (Wildman–Crippen MR) is 71.5 cm³/mol. The Hall–Kier alpha value is -2.10. The lowest BCUT2D eigenvalue weighted by Crippen LogP contribution is -2.12. The number of nitrogens with zero attached hydrogens (tertiary/aromatic N) is 1. The molecule has 0 aliphatic carbocycles. The number of aromatic nitrogens is 2. The van der Waals surface area contributed by atoms with Crippen molar-refractivity contribution >= 4 is 11.7 Å². The van der Waals surface area contributed by atoms with Crippen molar-refractivity contribution in [1.29, 1.82) is 0 Å². The Kier molecular flexibility index (Phi) is 3.77. The minimum absolute atomic E-state index is 0.00949. The van der Waals surface area contributed by atoms with E-state index in [1.54, 1.807) is 0 Å². The van der Waals surface area contributed by atoms with E-state index in [9.17, 15) is 4.79 Å². The van der Waals surface area contributed by atoms with Crippen molar-refractivity contribution in [3.05, 3.63) is 47.2 Å². The van der Waals surface area contributed by atoms with Gasteiger partial charge in [0.2, 0.25) is 5.91 Å². The highest BCUT2D eigenvalue weighted by Crippen LogP contribution is 2.10. The molecule has 4 nitrogen and oxygen atoms in total. The number of benzene rings is 1. The first-order chi connectivity index (χ1) is 8.65. The summed E-state index contributed by atoms with van der Waals surface area (Å²) in [5.74, 6) is 0.576. The Morgan fingerprint density at radius 1 is 1.33 bits per heavy atom. The van der Waals surface area contributed by atoms with Gasteiger partial charge in [-0.15, -0.1) is 0 Å².